The average Bonchev–Trinajstić information content (AvgIpc) is 2.71. The molecule has 1 aliphatic carbocycles. The Hall–Kier alpha value is -0.190. The zero-order chi connectivity index (χ0) is 10.2. The molecule has 1 saturated carbocycles. The highest BCUT2D eigenvalue weighted by Crippen LogP contribution is 2.54. The van der Waals surface area contributed by atoms with Gasteiger partial charge in [0.2, 0.25) is 0 Å². The van der Waals surface area contributed by atoms with Crippen LogP contribution in [0, 0.1) is 5.92 Å². The number of aromatic amines is 1. The summed E-state index contributed by atoms with van der Waals surface area (Å²) in [5.41, 5.74) is -0.138. The molecule has 0 bridgehead atoms. The second kappa shape index (κ2) is 3.76. The van der Waals surface area contributed by atoms with Gasteiger partial charge in [-0.1, -0.05) is 11.8 Å². The molecule has 1 aromatic rings. The summed E-state index contributed by atoms with van der Waals surface area (Å²) < 4.78 is -0.553. The summed E-state index contributed by atoms with van der Waals surface area (Å²) in [5, 5.41) is 0.619. The van der Waals surface area contributed by atoms with Crippen LogP contribution in [0.2, 0.25) is 0 Å². The Morgan fingerprint density at radius 1 is 1.71 bits per heavy atom. The predicted molar refractivity (Wildman–Crippen MR) is 58.1 cm³/mol. The van der Waals surface area contributed by atoms with Gasteiger partial charge in [-0.15, -0.1) is 23.2 Å². The average molecular weight is 251 g/mol. The number of rotatable bonds is 3. The Balaban J connectivity index is 1.90. The molecular weight excluding hydrogens is 243 g/mol. The van der Waals surface area contributed by atoms with E-state index < -0.39 is 4.33 Å². The number of H-pyrrole nitrogens is 1. The zero-order valence-corrected chi connectivity index (χ0v) is 9.49. The van der Waals surface area contributed by atoms with Gasteiger partial charge in [0.1, 0.15) is 4.33 Å². The third-order valence-electron chi connectivity index (χ3n) is 2.02. The zero-order valence-electron chi connectivity index (χ0n) is 7.17. The van der Waals surface area contributed by atoms with E-state index in [4.69, 9.17) is 23.2 Å². The minimum Gasteiger partial charge on any atom is -0.301 e. The van der Waals surface area contributed by atoms with E-state index in [1.54, 1.807) is 0 Å². The normalized spacial score (nSPS) is 23.4. The van der Waals surface area contributed by atoms with Gasteiger partial charge >= 0.3 is 0 Å². The summed E-state index contributed by atoms with van der Waals surface area (Å²) in [6, 6.07) is 1.38. The van der Waals surface area contributed by atoms with Crippen molar-refractivity contribution >= 4 is 35.0 Å². The Labute approximate surface area is 95.2 Å². The molecule has 76 valence electrons. The topological polar surface area (TPSA) is 45.8 Å². The lowest BCUT2D eigenvalue weighted by atomic mass is 10.5. The van der Waals surface area contributed by atoms with Gasteiger partial charge in [0, 0.05) is 23.9 Å². The van der Waals surface area contributed by atoms with Crippen molar-refractivity contribution < 1.29 is 0 Å². The molecule has 14 heavy (non-hydrogen) atoms. The monoisotopic (exact) mass is 250 g/mol. The minimum atomic E-state index is -0.553. The van der Waals surface area contributed by atoms with Gasteiger partial charge in [-0.3, -0.25) is 4.79 Å². The highest BCUT2D eigenvalue weighted by molar-refractivity contribution is 7.99. The van der Waals surface area contributed by atoms with E-state index >= 15 is 0 Å². The highest BCUT2D eigenvalue weighted by Gasteiger charge is 2.51. The molecule has 0 aromatic carbocycles. The number of nitrogens with zero attached hydrogens (tertiary/aromatic N) is 1. The van der Waals surface area contributed by atoms with E-state index in [0.717, 1.165) is 12.2 Å². The summed E-state index contributed by atoms with van der Waals surface area (Å²) >= 11 is 13.2. The van der Waals surface area contributed by atoms with Crippen molar-refractivity contribution in [3.8, 4) is 0 Å². The van der Waals surface area contributed by atoms with Crippen molar-refractivity contribution in [2.24, 2.45) is 5.92 Å². The first-order chi connectivity index (χ1) is 6.58. The van der Waals surface area contributed by atoms with E-state index in [-0.39, 0.29) is 5.56 Å². The highest BCUT2D eigenvalue weighted by atomic mass is 35.5. The number of nitrogens with one attached hydrogen (secondary N) is 1. The van der Waals surface area contributed by atoms with Gasteiger partial charge < -0.3 is 4.98 Å². The molecule has 0 amide bonds. The number of halogens is 2. The molecular formula is C8H8Cl2N2OS. The van der Waals surface area contributed by atoms with Crippen molar-refractivity contribution in [3.05, 3.63) is 22.6 Å². The smallest absolute Gasteiger partial charge is 0.251 e. The number of aromatic nitrogens is 2. The van der Waals surface area contributed by atoms with Crippen LogP contribution >= 0.6 is 35.0 Å². The summed E-state index contributed by atoms with van der Waals surface area (Å²) in [5.74, 6) is 1.10. The SMILES string of the molecule is O=c1ccnc(SC[C@H]2CC2(Cl)Cl)[nH]1. The Bertz CT molecular complexity index is 393. The Morgan fingerprint density at radius 3 is 3.00 bits per heavy atom. The molecule has 0 radical (unpaired) electrons. The van der Waals surface area contributed by atoms with Crippen LogP contribution in [0.15, 0.2) is 22.2 Å². The molecule has 1 aliphatic rings. The predicted octanol–water partition coefficient (Wildman–Crippen LogP) is 2.06. The van der Waals surface area contributed by atoms with Crippen molar-refractivity contribution in [1.29, 1.82) is 0 Å². The minimum absolute atomic E-state index is 0.138. The first-order valence-corrected chi connectivity index (χ1v) is 5.88. The fourth-order valence-corrected chi connectivity index (χ4v) is 2.83. The fraction of sp³-hybridized carbons (Fsp3) is 0.500. The lowest BCUT2D eigenvalue weighted by Crippen LogP contribution is -2.06. The van der Waals surface area contributed by atoms with Crippen LogP contribution in [0.1, 0.15) is 6.42 Å². The van der Waals surface area contributed by atoms with Crippen molar-refractivity contribution in [2.45, 2.75) is 15.9 Å². The molecule has 0 saturated heterocycles. The van der Waals surface area contributed by atoms with Gasteiger partial charge in [0.25, 0.3) is 5.56 Å². The van der Waals surface area contributed by atoms with E-state index in [9.17, 15) is 4.79 Å². The lowest BCUT2D eigenvalue weighted by Gasteiger charge is -1.99. The third-order valence-corrected chi connectivity index (χ3v) is 4.00. The van der Waals surface area contributed by atoms with Crippen LogP contribution in [-0.2, 0) is 0 Å². The van der Waals surface area contributed by atoms with Crippen molar-refractivity contribution in [1.82, 2.24) is 9.97 Å². The van der Waals surface area contributed by atoms with Crippen molar-refractivity contribution in [2.75, 3.05) is 5.75 Å². The number of thioether (sulfide) groups is 1. The van der Waals surface area contributed by atoms with Crippen molar-refractivity contribution in [3.63, 3.8) is 0 Å². The van der Waals surface area contributed by atoms with Gasteiger partial charge in [-0.05, 0) is 6.42 Å². The second-order valence-electron chi connectivity index (χ2n) is 3.21. The number of alkyl halides is 2. The molecule has 0 spiro atoms. The molecule has 2 rings (SSSR count). The molecule has 1 atom stereocenters. The molecule has 3 nitrogen and oxygen atoms in total. The van der Waals surface area contributed by atoms with Gasteiger partial charge in [-0.2, -0.15) is 0 Å². The third kappa shape index (κ3) is 2.43. The summed E-state index contributed by atoms with van der Waals surface area (Å²) in [7, 11) is 0. The van der Waals surface area contributed by atoms with E-state index in [2.05, 4.69) is 9.97 Å². The maximum atomic E-state index is 10.9. The fourth-order valence-electron chi connectivity index (χ4n) is 1.06. The van der Waals surface area contributed by atoms with Crippen LogP contribution in [0.5, 0.6) is 0 Å². The molecule has 6 heteroatoms. The first kappa shape index (κ1) is 10.3. The molecule has 1 fully saturated rings. The summed E-state index contributed by atoms with van der Waals surface area (Å²) in [4.78, 5) is 17.6. The molecule has 0 aliphatic heterocycles. The largest absolute Gasteiger partial charge is 0.301 e. The van der Waals surface area contributed by atoms with Gasteiger partial charge in [0.15, 0.2) is 5.16 Å². The summed E-state index contributed by atoms with van der Waals surface area (Å²) in [6.07, 6.45) is 2.31. The van der Waals surface area contributed by atoms with E-state index in [1.165, 1.54) is 24.0 Å². The van der Waals surface area contributed by atoms with Gasteiger partial charge in [-0.25, -0.2) is 4.98 Å². The Morgan fingerprint density at radius 2 is 2.43 bits per heavy atom. The lowest BCUT2D eigenvalue weighted by molar-refractivity contribution is 0.919. The van der Waals surface area contributed by atoms with Crippen LogP contribution < -0.4 is 5.56 Å². The van der Waals surface area contributed by atoms with Gasteiger partial charge in [0.05, 0.1) is 0 Å². The first-order valence-electron chi connectivity index (χ1n) is 4.14. The second-order valence-corrected chi connectivity index (χ2v) is 5.76. The van der Waals surface area contributed by atoms with Crippen LogP contribution in [0.3, 0.4) is 0 Å². The molecule has 1 heterocycles. The molecule has 1 N–H and O–H groups in total. The Kier molecular flexibility index (Phi) is 2.77. The van der Waals surface area contributed by atoms with Crippen LogP contribution in [0.4, 0.5) is 0 Å². The molecule has 0 unspecified atom stereocenters. The number of hydrogen-bond donors (Lipinski definition) is 1. The van der Waals surface area contributed by atoms with Crippen LogP contribution in [-0.4, -0.2) is 20.1 Å². The maximum Gasteiger partial charge on any atom is 0.251 e. The molecule has 1 aromatic heterocycles. The van der Waals surface area contributed by atoms with Crippen LogP contribution in [0.25, 0.3) is 0 Å². The van der Waals surface area contributed by atoms with E-state index in [0.29, 0.717) is 11.1 Å². The summed E-state index contributed by atoms with van der Waals surface area (Å²) in [6.45, 7) is 0. The number of hydrogen-bond acceptors (Lipinski definition) is 3. The maximum absolute atomic E-state index is 10.9. The quantitative estimate of drug-likeness (QED) is 0.508. The standard InChI is InChI=1S/C8H8Cl2N2OS/c9-8(10)3-5(8)4-14-7-11-2-1-6(13)12-7/h1-2,5H,3-4H2,(H,11,12,13)/t5-/m1/s1. The van der Waals surface area contributed by atoms with E-state index in [1.807, 2.05) is 0 Å².